The molecule has 5 aromatic rings. The summed E-state index contributed by atoms with van der Waals surface area (Å²) in [4.78, 5) is 29.1. The zero-order valence-electron chi connectivity index (χ0n) is 25.1. The number of benzene rings is 3. The molecule has 12 heteroatoms. The van der Waals surface area contributed by atoms with Crippen molar-refractivity contribution >= 4 is 62.5 Å². The first-order chi connectivity index (χ1) is 22.4. The number of aromatic nitrogens is 2. The van der Waals surface area contributed by atoms with Crippen LogP contribution in [0.3, 0.4) is 0 Å². The normalized spacial score (nSPS) is 14.8. The molecule has 1 aliphatic heterocycles. The fourth-order valence-electron chi connectivity index (χ4n) is 5.17. The first-order valence-corrected chi connectivity index (χ1v) is 16.9. The summed E-state index contributed by atoms with van der Waals surface area (Å²) in [5, 5.41) is 21.5. The van der Waals surface area contributed by atoms with E-state index in [0.717, 1.165) is 30.2 Å². The molecule has 1 aliphatic rings. The van der Waals surface area contributed by atoms with E-state index in [0.29, 0.717) is 44.4 Å². The first kappa shape index (κ1) is 31.7. The van der Waals surface area contributed by atoms with E-state index in [-0.39, 0.29) is 16.5 Å². The van der Waals surface area contributed by atoms with Gasteiger partial charge in [0.05, 0.1) is 25.3 Å². The lowest BCUT2D eigenvalue weighted by molar-refractivity contribution is -0.117. The van der Waals surface area contributed by atoms with Crippen molar-refractivity contribution in [1.82, 2.24) is 10.2 Å². The van der Waals surface area contributed by atoms with Crippen LogP contribution in [0, 0.1) is 0 Å². The van der Waals surface area contributed by atoms with Crippen molar-refractivity contribution in [2.45, 2.75) is 42.3 Å². The minimum Gasteiger partial charge on any atom is -0.503 e. The predicted molar refractivity (Wildman–Crippen MR) is 179 cm³/mol. The molecule has 1 unspecified atom stereocenters. The zero-order valence-corrected chi connectivity index (χ0v) is 27.5. The molecular formula is C34H30ClN3O6S2. The van der Waals surface area contributed by atoms with Crippen LogP contribution in [0.4, 0.5) is 5.13 Å². The molecule has 1 amide bonds. The maximum Gasteiger partial charge on any atom is 0.296 e. The minimum absolute atomic E-state index is 0.00159. The molecule has 0 radical (unpaired) electrons. The van der Waals surface area contributed by atoms with E-state index in [4.69, 9.17) is 25.5 Å². The highest BCUT2D eigenvalue weighted by Crippen LogP contribution is 2.46. The molecule has 0 saturated carbocycles. The second-order valence-corrected chi connectivity index (χ2v) is 13.2. The lowest BCUT2D eigenvalue weighted by Crippen LogP contribution is -2.31. The number of aliphatic hydroxyl groups excluding tert-OH is 1. The lowest BCUT2D eigenvalue weighted by atomic mass is 9.95. The number of anilines is 1. The first-order valence-electron chi connectivity index (χ1n) is 14.7. The van der Waals surface area contributed by atoms with Gasteiger partial charge in [-0.15, -0.1) is 10.2 Å². The third-order valence-corrected chi connectivity index (χ3v) is 9.87. The molecule has 2 aromatic heterocycles. The van der Waals surface area contributed by atoms with E-state index in [1.54, 1.807) is 36.4 Å². The van der Waals surface area contributed by atoms with Gasteiger partial charge in [0.1, 0.15) is 5.58 Å². The Bertz CT molecular complexity index is 1890. The van der Waals surface area contributed by atoms with Gasteiger partial charge in [0, 0.05) is 16.2 Å². The molecule has 0 spiro atoms. The molecular weight excluding hydrogens is 646 g/mol. The Labute approximate surface area is 278 Å². The van der Waals surface area contributed by atoms with Crippen LogP contribution < -0.4 is 14.4 Å². The van der Waals surface area contributed by atoms with Gasteiger partial charge in [0.25, 0.3) is 5.91 Å². The third kappa shape index (κ3) is 6.48. The number of aliphatic hydroxyl groups is 1. The fourth-order valence-corrected chi connectivity index (χ4v) is 7.12. The number of rotatable bonds is 13. The maximum atomic E-state index is 14.1. The van der Waals surface area contributed by atoms with Crippen molar-refractivity contribution in [3.8, 4) is 11.5 Å². The van der Waals surface area contributed by atoms with Gasteiger partial charge in [-0.1, -0.05) is 90.9 Å². The summed E-state index contributed by atoms with van der Waals surface area (Å²) < 4.78 is 18.1. The summed E-state index contributed by atoms with van der Waals surface area (Å²) in [6.07, 6.45) is 3.00. The Morgan fingerprint density at radius 2 is 1.87 bits per heavy atom. The van der Waals surface area contributed by atoms with E-state index in [1.165, 1.54) is 35.1 Å². The Morgan fingerprint density at radius 3 is 2.63 bits per heavy atom. The second kappa shape index (κ2) is 14.0. The summed E-state index contributed by atoms with van der Waals surface area (Å²) in [5.74, 6) is -0.488. The van der Waals surface area contributed by atoms with Gasteiger partial charge in [0.2, 0.25) is 10.9 Å². The van der Waals surface area contributed by atoms with Crippen molar-refractivity contribution in [3.05, 3.63) is 106 Å². The molecule has 0 saturated heterocycles. The van der Waals surface area contributed by atoms with Crippen LogP contribution in [-0.4, -0.2) is 40.7 Å². The number of Topliss-reactive ketones (excluding diaryl/α,β-unsaturated/α-hetero) is 1. The number of ether oxygens (including phenoxy) is 2. The topological polar surface area (TPSA) is 115 Å². The molecule has 3 heterocycles. The van der Waals surface area contributed by atoms with Gasteiger partial charge < -0.3 is 19.0 Å². The Morgan fingerprint density at radius 1 is 1.07 bits per heavy atom. The van der Waals surface area contributed by atoms with E-state index < -0.39 is 23.5 Å². The Balaban J connectivity index is 1.36. The largest absolute Gasteiger partial charge is 0.503 e. The molecule has 6 rings (SSSR count). The number of amides is 1. The van der Waals surface area contributed by atoms with E-state index >= 15 is 0 Å². The number of thioether (sulfide) groups is 1. The average molecular weight is 676 g/mol. The van der Waals surface area contributed by atoms with Crippen LogP contribution in [-0.2, 0) is 10.5 Å². The van der Waals surface area contributed by atoms with Gasteiger partial charge in [-0.05, 0) is 53.9 Å². The Hall–Kier alpha value is -4.32. The molecule has 0 aliphatic carbocycles. The quantitative estimate of drug-likeness (QED) is 0.0567. The Kier molecular flexibility index (Phi) is 9.62. The number of nitrogens with zero attached hydrogens (tertiary/aromatic N) is 3. The number of hydrogen-bond donors (Lipinski definition) is 1. The van der Waals surface area contributed by atoms with Crippen LogP contribution >= 0.6 is 34.7 Å². The van der Waals surface area contributed by atoms with E-state index in [9.17, 15) is 14.7 Å². The number of hydrogen-bond acceptors (Lipinski definition) is 10. The van der Waals surface area contributed by atoms with Gasteiger partial charge in [-0.2, -0.15) is 0 Å². The van der Waals surface area contributed by atoms with Crippen LogP contribution in [0.15, 0.2) is 92.9 Å². The molecule has 46 heavy (non-hydrogen) atoms. The SMILES string of the molecule is CCCCCOc1ccc(C2C(C(=O)c3cc4ccccc4o3)=C(O)C(=O)N2c2nnc(SCc3ccc(Cl)cc3)s2)cc1OC. The summed E-state index contributed by atoms with van der Waals surface area (Å²) in [6.45, 7) is 2.64. The van der Waals surface area contributed by atoms with Crippen molar-refractivity contribution < 1.29 is 28.6 Å². The van der Waals surface area contributed by atoms with Crippen LogP contribution in [0.25, 0.3) is 11.0 Å². The minimum atomic E-state index is -1.04. The molecule has 1 N–H and O–H groups in total. The van der Waals surface area contributed by atoms with Gasteiger partial charge in [0.15, 0.2) is 27.4 Å². The number of methoxy groups -OCH3 is 1. The second-order valence-electron chi connectivity index (χ2n) is 10.5. The summed E-state index contributed by atoms with van der Waals surface area (Å²) >= 11 is 8.66. The lowest BCUT2D eigenvalue weighted by Gasteiger charge is -2.24. The zero-order chi connectivity index (χ0) is 32.2. The van der Waals surface area contributed by atoms with Crippen molar-refractivity contribution in [2.24, 2.45) is 0 Å². The smallest absolute Gasteiger partial charge is 0.296 e. The highest BCUT2D eigenvalue weighted by molar-refractivity contribution is 8.00. The molecule has 9 nitrogen and oxygen atoms in total. The number of para-hydroxylation sites is 1. The third-order valence-electron chi connectivity index (χ3n) is 7.49. The van der Waals surface area contributed by atoms with E-state index in [2.05, 4.69) is 17.1 Å². The van der Waals surface area contributed by atoms with E-state index in [1.807, 2.05) is 36.4 Å². The number of carbonyl (C=O) groups is 2. The molecule has 0 bridgehead atoms. The van der Waals surface area contributed by atoms with Gasteiger partial charge in [-0.25, -0.2) is 0 Å². The maximum absolute atomic E-state index is 14.1. The number of fused-ring (bicyclic) bond motifs is 1. The van der Waals surface area contributed by atoms with Crippen molar-refractivity contribution in [1.29, 1.82) is 0 Å². The van der Waals surface area contributed by atoms with Crippen LogP contribution in [0.2, 0.25) is 5.02 Å². The standard InChI is InChI=1S/C34H30ClN3O6S2/c1-3-4-7-16-43-25-15-12-22(18-26(25)42-2)29-28(30(39)27-17-21-8-5-6-9-24(21)44-27)31(40)32(41)38(29)33-36-37-34(46-33)45-19-20-10-13-23(35)14-11-20/h5-6,8-15,17-18,29,40H,3-4,7,16,19H2,1-2H3. The predicted octanol–water partition coefficient (Wildman–Crippen LogP) is 8.59. The highest BCUT2D eigenvalue weighted by Gasteiger charge is 2.47. The summed E-state index contributed by atoms with van der Waals surface area (Å²) in [6, 6.07) is 20.5. The van der Waals surface area contributed by atoms with Gasteiger partial charge >= 0.3 is 0 Å². The monoisotopic (exact) mass is 675 g/mol. The molecule has 3 aromatic carbocycles. The number of furan rings is 1. The van der Waals surface area contributed by atoms with Gasteiger partial charge in [-0.3, -0.25) is 14.5 Å². The molecule has 236 valence electrons. The van der Waals surface area contributed by atoms with Crippen molar-refractivity contribution in [3.63, 3.8) is 0 Å². The number of halogens is 1. The highest BCUT2D eigenvalue weighted by atomic mass is 35.5. The summed E-state index contributed by atoms with van der Waals surface area (Å²) in [5.41, 5.74) is 1.94. The number of carbonyl (C=O) groups excluding carboxylic acids is 2. The average Bonchev–Trinajstić information content (AvgIpc) is 3.79. The molecule has 1 atom stereocenters. The van der Waals surface area contributed by atoms with Crippen LogP contribution in [0.1, 0.15) is 53.9 Å². The van der Waals surface area contributed by atoms with Crippen LogP contribution in [0.5, 0.6) is 11.5 Å². The summed E-state index contributed by atoms with van der Waals surface area (Å²) in [7, 11) is 1.53. The number of ketones is 1. The number of unbranched alkanes of at least 4 members (excludes halogenated alkanes) is 2. The fraction of sp³-hybridized carbons (Fsp3) is 0.235. The van der Waals surface area contributed by atoms with Crippen molar-refractivity contribution in [2.75, 3.05) is 18.6 Å². The molecule has 0 fully saturated rings.